The molecule has 3 nitrogen and oxygen atoms in total. The Kier molecular flexibility index (Phi) is 2.81. The molecule has 0 bridgehead atoms. The Bertz CT molecular complexity index is 446. The molecular formula is C12H15N3. The number of fused-ring (bicyclic) bond motifs is 1. The van der Waals surface area contributed by atoms with E-state index in [9.17, 15) is 0 Å². The molecule has 0 unspecified atom stereocenters. The minimum absolute atomic E-state index is 0.610. The van der Waals surface area contributed by atoms with Crippen LogP contribution < -0.4 is 5.32 Å². The zero-order valence-electron chi connectivity index (χ0n) is 9.07. The van der Waals surface area contributed by atoms with Crippen molar-refractivity contribution < 1.29 is 0 Å². The van der Waals surface area contributed by atoms with E-state index in [4.69, 9.17) is 0 Å². The van der Waals surface area contributed by atoms with Gasteiger partial charge in [0.05, 0.1) is 5.52 Å². The first-order chi connectivity index (χ1) is 7.27. The van der Waals surface area contributed by atoms with E-state index in [1.54, 1.807) is 6.33 Å². The summed E-state index contributed by atoms with van der Waals surface area (Å²) in [5.74, 6) is 1.54. The van der Waals surface area contributed by atoms with Crippen LogP contribution in [0.5, 0.6) is 0 Å². The number of aromatic nitrogens is 2. The summed E-state index contributed by atoms with van der Waals surface area (Å²) in [6.45, 7) is 5.29. The number of anilines is 1. The van der Waals surface area contributed by atoms with Gasteiger partial charge in [0, 0.05) is 11.9 Å². The van der Waals surface area contributed by atoms with Crippen LogP contribution in [-0.2, 0) is 0 Å². The van der Waals surface area contributed by atoms with Crippen LogP contribution in [0.2, 0.25) is 0 Å². The number of rotatable bonds is 3. The van der Waals surface area contributed by atoms with E-state index in [1.165, 1.54) is 0 Å². The second kappa shape index (κ2) is 4.26. The Balaban J connectivity index is 2.34. The summed E-state index contributed by atoms with van der Waals surface area (Å²) >= 11 is 0. The quantitative estimate of drug-likeness (QED) is 0.829. The van der Waals surface area contributed by atoms with Crippen molar-refractivity contribution >= 4 is 16.7 Å². The molecule has 1 aromatic heterocycles. The van der Waals surface area contributed by atoms with Crippen molar-refractivity contribution in [2.24, 2.45) is 5.92 Å². The third-order valence-corrected chi connectivity index (χ3v) is 2.22. The van der Waals surface area contributed by atoms with Crippen molar-refractivity contribution in [1.29, 1.82) is 0 Å². The molecule has 0 aliphatic heterocycles. The number of nitrogens with zero attached hydrogens (tertiary/aromatic N) is 2. The highest BCUT2D eigenvalue weighted by Gasteiger charge is 2.02. The minimum Gasteiger partial charge on any atom is -0.369 e. The van der Waals surface area contributed by atoms with Gasteiger partial charge in [0.1, 0.15) is 12.1 Å². The van der Waals surface area contributed by atoms with Gasteiger partial charge in [-0.05, 0) is 18.1 Å². The lowest BCUT2D eigenvalue weighted by Crippen LogP contribution is -2.09. The molecule has 1 heterocycles. The first-order valence-electron chi connectivity index (χ1n) is 5.21. The second-order valence-corrected chi connectivity index (χ2v) is 4.01. The highest BCUT2D eigenvalue weighted by atomic mass is 15.0. The largest absolute Gasteiger partial charge is 0.369 e. The van der Waals surface area contributed by atoms with Crippen LogP contribution in [-0.4, -0.2) is 16.5 Å². The fourth-order valence-electron chi connectivity index (χ4n) is 1.45. The molecule has 0 radical (unpaired) electrons. The van der Waals surface area contributed by atoms with Crippen molar-refractivity contribution in [3.63, 3.8) is 0 Å². The molecule has 0 fully saturated rings. The Hall–Kier alpha value is -1.64. The van der Waals surface area contributed by atoms with Crippen LogP contribution in [0.4, 0.5) is 5.82 Å². The van der Waals surface area contributed by atoms with Crippen LogP contribution >= 0.6 is 0 Å². The number of hydrogen-bond acceptors (Lipinski definition) is 3. The van der Waals surface area contributed by atoms with Crippen LogP contribution in [0.25, 0.3) is 10.9 Å². The van der Waals surface area contributed by atoms with Gasteiger partial charge in [0.15, 0.2) is 0 Å². The van der Waals surface area contributed by atoms with Gasteiger partial charge in [-0.2, -0.15) is 0 Å². The summed E-state index contributed by atoms with van der Waals surface area (Å²) in [6.07, 6.45) is 1.60. The molecule has 0 aliphatic rings. The number of nitrogens with one attached hydrogen (secondary N) is 1. The Morgan fingerprint density at radius 3 is 2.80 bits per heavy atom. The fourth-order valence-corrected chi connectivity index (χ4v) is 1.45. The Morgan fingerprint density at radius 2 is 2.00 bits per heavy atom. The Morgan fingerprint density at radius 1 is 1.20 bits per heavy atom. The summed E-state index contributed by atoms with van der Waals surface area (Å²) in [5.41, 5.74) is 0.985. The maximum absolute atomic E-state index is 4.26. The molecule has 1 N–H and O–H groups in total. The van der Waals surface area contributed by atoms with Gasteiger partial charge >= 0.3 is 0 Å². The average molecular weight is 201 g/mol. The number of benzene rings is 1. The van der Waals surface area contributed by atoms with Gasteiger partial charge in [-0.25, -0.2) is 9.97 Å². The molecule has 0 atom stereocenters. The summed E-state index contributed by atoms with van der Waals surface area (Å²) in [6, 6.07) is 8.03. The lowest BCUT2D eigenvalue weighted by atomic mass is 10.2. The third-order valence-electron chi connectivity index (χ3n) is 2.22. The average Bonchev–Trinajstić information content (AvgIpc) is 2.26. The zero-order chi connectivity index (χ0) is 10.7. The molecule has 2 aromatic rings. The molecule has 0 saturated heterocycles. The SMILES string of the molecule is CC(C)CNc1ncnc2ccccc12. The van der Waals surface area contributed by atoms with Crippen molar-refractivity contribution in [2.75, 3.05) is 11.9 Å². The van der Waals surface area contributed by atoms with Gasteiger partial charge in [-0.3, -0.25) is 0 Å². The lowest BCUT2D eigenvalue weighted by molar-refractivity contribution is 0.687. The monoisotopic (exact) mass is 201 g/mol. The molecule has 15 heavy (non-hydrogen) atoms. The molecule has 0 spiro atoms. The first kappa shape index (κ1) is 9.90. The molecule has 1 aromatic carbocycles. The van der Waals surface area contributed by atoms with Crippen molar-refractivity contribution in [2.45, 2.75) is 13.8 Å². The highest BCUT2D eigenvalue weighted by molar-refractivity contribution is 5.88. The van der Waals surface area contributed by atoms with Crippen LogP contribution in [0.3, 0.4) is 0 Å². The van der Waals surface area contributed by atoms with Crippen molar-refractivity contribution in [1.82, 2.24) is 9.97 Å². The summed E-state index contributed by atoms with van der Waals surface area (Å²) < 4.78 is 0. The highest BCUT2D eigenvalue weighted by Crippen LogP contribution is 2.18. The maximum atomic E-state index is 4.26. The van der Waals surface area contributed by atoms with E-state index in [-0.39, 0.29) is 0 Å². The molecule has 0 saturated carbocycles. The smallest absolute Gasteiger partial charge is 0.137 e. The van der Waals surface area contributed by atoms with E-state index in [0.29, 0.717) is 5.92 Å². The number of para-hydroxylation sites is 1. The summed E-state index contributed by atoms with van der Waals surface area (Å²) in [4.78, 5) is 8.47. The minimum atomic E-state index is 0.610. The standard InChI is InChI=1S/C12H15N3/c1-9(2)7-13-12-10-5-3-4-6-11(10)14-8-15-12/h3-6,8-9H,7H2,1-2H3,(H,13,14,15). The lowest BCUT2D eigenvalue weighted by Gasteiger charge is -2.09. The van der Waals surface area contributed by atoms with Crippen molar-refractivity contribution in [3.8, 4) is 0 Å². The van der Waals surface area contributed by atoms with Crippen LogP contribution in [0.1, 0.15) is 13.8 Å². The van der Waals surface area contributed by atoms with Gasteiger partial charge in [0.2, 0.25) is 0 Å². The molecule has 0 aliphatic carbocycles. The third kappa shape index (κ3) is 2.24. The van der Waals surface area contributed by atoms with Gasteiger partial charge < -0.3 is 5.32 Å². The molecular weight excluding hydrogens is 186 g/mol. The maximum Gasteiger partial charge on any atom is 0.137 e. The fraction of sp³-hybridized carbons (Fsp3) is 0.333. The Labute approximate surface area is 89.6 Å². The van der Waals surface area contributed by atoms with Crippen molar-refractivity contribution in [3.05, 3.63) is 30.6 Å². The van der Waals surface area contributed by atoms with Crippen LogP contribution in [0.15, 0.2) is 30.6 Å². The van der Waals surface area contributed by atoms with E-state index in [2.05, 4.69) is 29.1 Å². The molecule has 78 valence electrons. The first-order valence-corrected chi connectivity index (χ1v) is 5.21. The topological polar surface area (TPSA) is 37.8 Å². The second-order valence-electron chi connectivity index (χ2n) is 4.01. The van der Waals surface area contributed by atoms with Gasteiger partial charge in [-0.15, -0.1) is 0 Å². The zero-order valence-corrected chi connectivity index (χ0v) is 9.07. The molecule has 0 amide bonds. The predicted octanol–water partition coefficient (Wildman–Crippen LogP) is 2.70. The molecule has 3 heteroatoms. The normalized spacial score (nSPS) is 10.9. The number of hydrogen-bond donors (Lipinski definition) is 1. The predicted molar refractivity (Wildman–Crippen MR) is 62.9 cm³/mol. The van der Waals surface area contributed by atoms with Crippen LogP contribution in [0, 0.1) is 5.92 Å². The van der Waals surface area contributed by atoms with Gasteiger partial charge in [-0.1, -0.05) is 26.0 Å². The molecule has 2 rings (SSSR count). The van der Waals surface area contributed by atoms with E-state index in [0.717, 1.165) is 23.3 Å². The van der Waals surface area contributed by atoms with E-state index >= 15 is 0 Å². The van der Waals surface area contributed by atoms with Gasteiger partial charge in [0.25, 0.3) is 0 Å². The summed E-state index contributed by atoms with van der Waals surface area (Å²) in [7, 11) is 0. The summed E-state index contributed by atoms with van der Waals surface area (Å²) in [5, 5.41) is 4.42. The van der Waals surface area contributed by atoms with E-state index < -0.39 is 0 Å². The van der Waals surface area contributed by atoms with E-state index in [1.807, 2.05) is 24.3 Å².